The minimum atomic E-state index is -0.989. The Morgan fingerprint density at radius 1 is 1.15 bits per heavy atom. The van der Waals surface area contributed by atoms with Crippen molar-refractivity contribution in [2.75, 3.05) is 23.3 Å². The van der Waals surface area contributed by atoms with Gasteiger partial charge in [-0.1, -0.05) is 32.0 Å². The number of carbonyl (C=O) groups is 1. The first-order valence-corrected chi connectivity index (χ1v) is 11.5. The monoisotopic (exact) mass is 448 g/mol. The number of nitrogens with zero attached hydrogens (tertiary/aromatic N) is 1. The number of fused-ring (bicyclic) bond motifs is 1. The molecule has 1 aliphatic rings. The second-order valence-electron chi connectivity index (χ2n) is 9.96. The molecule has 0 radical (unpaired) electrons. The van der Waals surface area contributed by atoms with Crippen molar-refractivity contribution in [2.24, 2.45) is 5.41 Å². The molecule has 1 aliphatic heterocycles. The van der Waals surface area contributed by atoms with Gasteiger partial charge in [0.1, 0.15) is 5.58 Å². The van der Waals surface area contributed by atoms with Crippen molar-refractivity contribution in [3.05, 3.63) is 68.9 Å². The van der Waals surface area contributed by atoms with Crippen LogP contribution in [0.5, 0.6) is 0 Å². The lowest BCUT2D eigenvalue weighted by atomic mass is 9.82. The van der Waals surface area contributed by atoms with Gasteiger partial charge in [-0.3, -0.25) is 4.79 Å². The maximum atomic E-state index is 13.4. The third kappa shape index (κ3) is 4.47. The molecule has 0 amide bonds. The topological polar surface area (TPSA) is 82.8 Å². The van der Waals surface area contributed by atoms with E-state index < -0.39 is 5.97 Å². The first-order chi connectivity index (χ1) is 15.6. The number of nitrogens with one attached hydrogen (secondary N) is 1. The van der Waals surface area contributed by atoms with Crippen LogP contribution in [0.3, 0.4) is 0 Å². The molecular weight excluding hydrogens is 416 g/mol. The Hall–Kier alpha value is -3.28. The molecule has 0 bridgehead atoms. The highest BCUT2D eigenvalue weighted by atomic mass is 16.4. The summed E-state index contributed by atoms with van der Waals surface area (Å²) in [6.45, 7) is 12.0. The van der Waals surface area contributed by atoms with Gasteiger partial charge in [-0.15, -0.1) is 0 Å². The molecule has 33 heavy (non-hydrogen) atoms. The van der Waals surface area contributed by atoms with Crippen molar-refractivity contribution in [3.8, 4) is 0 Å². The van der Waals surface area contributed by atoms with E-state index in [0.29, 0.717) is 33.5 Å². The summed E-state index contributed by atoms with van der Waals surface area (Å²) in [7, 11) is 0. The number of hydrogen-bond donors (Lipinski definition) is 2. The van der Waals surface area contributed by atoms with Crippen molar-refractivity contribution in [1.29, 1.82) is 0 Å². The predicted octanol–water partition coefficient (Wildman–Crippen LogP) is 5.91. The van der Waals surface area contributed by atoms with Crippen LogP contribution in [-0.4, -0.2) is 24.2 Å². The van der Waals surface area contributed by atoms with Gasteiger partial charge in [-0.05, 0) is 62.8 Å². The van der Waals surface area contributed by atoms with Crippen molar-refractivity contribution in [3.63, 3.8) is 0 Å². The molecule has 2 aromatic carbocycles. The van der Waals surface area contributed by atoms with E-state index in [4.69, 9.17) is 4.42 Å². The maximum Gasteiger partial charge on any atom is 0.337 e. The summed E-state index contributed by atoms with van der Waals surface area (Å²) in [5.41, 5.74) is 3.99. The van der Waals surface area contributed by atoms with E-state index in [9.17, 15) is 14.7 Å². The lowest BCUT2D eigenvalue weighted by Crippen LogP contribution is -2.38. The highest BCUT2D eigenvalue weighted by molar-refractivity contribution is 5.94. The molecule has 4 rings (SSSR count). The number of carboxylic acid groups (broad SMARTS) is 1. The maximum absolute atomic E-state index is 13.4. The van der Waals surface area contributed by atoms with Crippen LogP contribution in [0.15, 0.2) is 45.6 Å². The van der Waals surface area contributed by atoms with E-state index in [0.717, 1.165) is 37.1 Å². The molecule has 174 valence electrons. The van der Waals surface area contributed by atoms with Crippen molar-refractivity contribution in [1.82, 2.24) is 0 Å². The van der Waals surface area contributed by atoms with Crippen molar-refractivity contribution in [2.45, 2.75) is 53.5 Å². The minimum absolute atomic E-state index is 0.0147. The van der Waals surface area contributed by atoms with Crippen LogP contribution >= 0.6 is 0 Å². The van der Waals surface area contributed by atoms with E-state index in [1.165, 1.54) is 0 Å². The summed E-state index contributed by atoms with van der Waals surface area (Å²) in [4.78, 5) is 27.2. The Bertz CT molecular complexity index is 1270. The third-order valence-corrected chi connectivity index (χ3v) is 6.77. The van der Waals surface area contributed by atoms with E-state index in [-0.39, 0.29) is 17.0 Å². The molecule has 0 spiro atoms. The van der Waals surface area contributed by atoms with Crippen LogP contribution in [0.2, 0.25) is 0 Å². The van der Waals surface area contributed by atoms with E-state index in [1.54, 1.807) is 24.3 Å². The fourth-order valence-corrected chi connectivity index (χ4v) is 4.60. The van der Waals surface area contributed by atoms with Gasteiger partial charge in [0.15, 0.2) is 5.43 Å². The van der Waals surface area contributed by atoms with Crippen LogP contribution in [0.1, 0.15) is 66.7 Å². The zero-order valence-corrected chi connectivity index (χ0v) is 20.0. The van der Waals surface area contributed by atoms with Gasteiger partial charge in [0.2, 0.25) is 5.88 Å². The normalized spacial score (nSPS) is 16.6. The highest BCUT2D eigenvalue weighted by Crippen LogP contribution is 2.36. The Morgan fingerprint density at radius 2 is 1.82 bits per heavy atom. The van der Waals surface area contributed by atoms with E-state index in [2.05, 4.69) is 24.1 Å². The van der Waals surface area contributed by atoms with E-state index in [1.807, 2.05) is 32.9 Å². The second-order valence-corrected chi connectivity index (χ2v) is 9.96. The van der Waals surface area contributed by atoms with E-state index >= 15 is 0 Å². The Kier molecular flexibility index (Phi) is 5.95. The van der Waals surface area contributed by atoms with Gasteiger partial charge < -0.3 is 19.7 Å². The first kappa shape index (κ1) is 22.9. The predicted molar refractivity (Wildman–Crippen MR) is 133 cm³/mol. The molecule has 1 aromatic heterocycles. The zero-order valence-electron chi connectivity index (χ0n) is 20.0. The first-order valence-electron chi connectivity index (χ1n) is 11.5. The summed E-state index contributed by atoms with van der Waals surface area (Å²) in [5, 5.41) is 13.4. The fraction of sp³-hybridized carbons (Fsp3) is 0.407. The van der Waals surface area contributed by atoms with Crippen LogP contribution in [0.4, 0.5) is 11.6 Å². The number of rotatable bonds is 5. The molecule has 0 saturated carbocycles. The molecule has 2 heterocycles. The number of benzene rings is 2. The molecule has 1 fully saturated rings. The highest BCUT2D eigenvalue weighted by Gasteiger charge is 2.29. The van der Waals surface area contributed by atoms with Crippen LogP contribution in [0, 0.1) is 19.3 Å². The number of para-hydroxylation sites is 1. The largest absolute Gasteiger partial charge is 0.478 e. The molecular formula is C27H32N2O4. The Labute approximate surface area is 194 Å². The minimum Gasteiger partial charge on any atom is -0.478 e. The third-order valence-electron chi connectivity index (χ3n) is 6.77. The quantitative estimate of drug-likeness (QED) is 0.505. The fourth-order valence-electron chi connectivity index (χ4n) is 4.60. The van der Waals surface area contributed by atoms with Crippen molar-refractivity contribution >= 4 is 28.5 Å². The number of anilines is 2. The number of aryl methyl sites for hydroxylation is 1. The van der Waals surface area contributed by atoms with Crippen LogP contribution < -0.4 is 15.6 Å². The number of aromatic carboxylic acids is 1. The lowest BCUT2D eigenvalue weighted by molar-refractivity contribution is 0.0698. The van der Waals surface area contributed by atoms with Gasteiger partial charge in [0.05, 0.1) is 22.6 Å². The molecule has 6 heteroatoms. The van der Waals surface area contributed by atoms with Crippen LogP contribution in [-0.2, 0) is 0 Å². The SMILES string of the molecule is Cc1cc(C(C)Nc2ccccc2C(=O)O)c2oc(N3CCC(C)(C)CC3)c(C)c(=O)c2c1. The summed E-state index contributed by atoms with van der Waals surface area (Å²) >= 11 is 0. The zero-order chi connectivity index (χ0) is 23.9. The summed E-state index contributed by atoms with van der Waals surface area (Å²) in [6.07, 6.45) is 2.08. The van der Waals surface area contributed by atoms with Gasteiger partial charge in [-0.2, -0.15) is 0 Å². The standard InChI is InChI=1S/C27H32N2O4/c1-16-14-20(18(3)28-22-9-7-6-8-19(22)26(31)32)24-21(15-16)23(30)17(2)25(33-24)29-12-10-27(4,5)11-13-29/h6-9,14-15,18,28H,10-13H2,1-5H3,(H,31,32). The molecule has 2 N–H and O–H groups in total. The van der Waals surface area contributed by atoms with Gasteiger partial charge in [0.25, 0.3) is 0 Å². The number of carboxylic acids is 1. The summed E-state index contributed by atoms with van der Waals surface area (Å²) < 4.78 is 6.47. The second kappa shape index (κ2) is 8.58. The molecule has 3 aromatic rings. The van der Waals surface area contributed by atoms with Crippen LogP contribution in [0.25, 0.3) is 11.0 Å². The van der Waals surface area contributed by atoms with Gasteiger partial charge >= 0.3 is 5.97 Å². The smallest absolute Gasteiger partial charge is 0.337 e. The summed E-state index contributed by atoms with van der Waals surface area (Å²) in [6, 6.07) is 10.4. The molecule has 6 nitrogen and oxygen atoms in total. The van der Waals surface area contributed by atoms with Gasteiger partial charge in [0, 0.05) is 24.3 Å². The molecule has 0 aliphatic carbocycles. The average molecular weight is 449 g/mol. The molecule has 1 atom stereocenters. The number of piperidine rings is 1. The average Bonchev–Trinajstić information content (AvgIpc) is 2.76. The molecule has 1 saturated heterocycles. The number of hydrogen-bond acceptors (Lipinski definition) is 5. The van der Waals surface area contributed by atoms with Gasteiger partial charge in [-0.25, -0.2) is 4.79 Å². The lowest BCUT2D eigenvalue weighted by Gasteiger charge is -2.37. The van der Waals surface area contributed by atoms with Crippen molar-refractivity contribution < 1.29 is 14.3 Å². The summed E-state index contributed by atoms with van der Waals surface area (Å²) in [5.74, 6) is -0.344. The molecule has 1 unspecified atom stereocenters. The Morgan fingerprint density at radius 3 is 2.48 bits per heavy atom. The Balaban J connectivity index is 1.80.